The average Bonchev–Trinajstić information content (AvgIpc) is 2.47. The molecule has 1 nitrogen and oxygen atoms in total. The maximum atomic E-state index is 13.7. The van der Waals surface area contributed by atoms with E-state index in [2.05, 4.69) is 0 Å². The summed E-state index contributed by atoms with van der Waals surface area (Å²) in [5.74, 6) is -2.76. The molecule has 4 heteroatoms. The molecule has 0 saturated heterocycles. The molecule has 0 amide bonds. The molecule has 0 atom stereocenters. The van der Waals surface area contributed by atoms with Crippen LogP contribution >= 0.6 is 0 Å². The van der Waals surface area contributed by atoms with E-state index in [-0.39, 0.29) is 16.5 Å². The number of carbonyl (C=O) groups excluding carboxylic acids is 1. The lowest BCUT2D eigenvalue weighted by Crippen LogP contribution is -2.06. The Kier molecular flexibility index (Phi) is 3.22. The normalized spacial score (nSPS) is 10.8. The molecule has 104 valence electrons. The molecule has 0 bridgehead atoms. The molecule has 3 aromatic carbocycles. The van der Waals surface area contributed by atoms with Gasteiger partial charge in [-0.3, -0.25) is 4.79 Å². The fraction of sp³-hybridized carbons (Fsp3) is 0. The number of hydrogen-bond acceptors (Lipinski definition) is 1. The number of ketones is 1. The maximum Gasteiger partial charge on any atom is 0.196 e. The molecule has 0 spiro atoms. The summed E-state index contributed by atoms with van der Waals surface area (Å²) in [4.78, 5) is 12.4. The molecule has 0 saturated carbocycles. The van der Waals surface area contributed by atoms with E-state index in [1.54, 1.807) is 24.3 Å². The summed E-state index contributed by atoms with van der Waals surface area (Å²) < 4.78 is 40.4. The van der Waals surface area contributed by atoms with Crippen LogP contribution in [0.4, 0.5) is 13.2 Å². The van der Waals surface area contributed by atoms with Gasteiger partial charge in [-0.15, -0.1) is 0 Å². The van der Waals surface area contributed by atoms with E-state index in [0.717, 1.165) is 18.2 Å². The minimum Gasteiger partial charge on any atom is -0.288 e. The second-order valence-corrected chi connectivity index (χ2v) is 4.59. The number of fused-ring (bicyclic) bond motifs is 1. The lowest BCUT2D eigenvalue weighted by Gasteiger charge is -2.07. The van der Waals surface area contributed by atoms with Crippen molar-refractivity contribution in [1.82, 2.24) is 0 Å². The Morgan fingerprint density at radius 2 is 1.38 bits per heavy atom. The molecular weight excluding hydrogens is 277 g/mol. The Hall–Kier alpha value is -2.62. The first-order chi connectivity index (χ1) is 10.1. The van der Waals surface area contributed by atoms with Crippen molar-refractivity contribution in [3.05, 3.63) is 83.2 Å². The quantitative estimate of drug-likeness (QED) is 0.634. The molecule has 0 fully saturated rings. The van der Waals surface area contributed by atoms with Gasteiger partial charge < -0.3 is 0 Å². The zero-order chi connectivity index (χ0) is 15.0. The van der Waals surface area contributed by atoms with Gasteiger partial charge in [0.2, 0.25) is 0 Å². The summed E-state index contributed by atoms with van der Waals surface area (Å²) in [5.41, 5.74) is -0.0642. The Morgan fingerprint density at radius 3 is 2.10 bits per heavy atom. The standard InChI is InChI=1S/C17H9F3O/c18-10-5-6-14(16(20)9-10)17(21)13-7-8-15(19)12-4-2-1-3-11(12)13/h1-9H. The largest absolute Gasteiger partial charge is 0.288 e. The third-order valence-electron chi connectivity index (χ3n) is 3.29. The van der Waals surface area contributed by atoms with Crippen molar-refractivity contribution in [2.24, 2.45) is 0 Å². The molecule has 21 heavy (non-hydrogen) atoms. The fourth-order valence-electron chi connectivity index (χ4n) is 2.28. The van der Waals surface area contributed by atoms with Crippen LogP contribution in [-0.4, -0.2) is 5.78 Å². The van der Waals surface area contributed by atoms with Crippen molar-refractivity contribution in [3.63, 3.8) is 0 Å². The summed E-state index contributed by atoms with van der Waals surface area (Å²) in [6, 6.07) is 11.7. The Morgan fingerprint density at radius 1 is 0.714 bits per heavy atom. The molecule has 0 radical (unpaired) electrons. The van der Waals surface area contributed by atoms with Gasteiger partial charge >= 0.3 is 0 Å². The molecule has 0 aliphatic carbocycles. The maximum absolute atomic E-state index is 13.7. The van der Waals surface area contributed by atoms with Crippen LogP contribution in [-0.2, 0) is 0 Å². The van der Waals surface area contributed by atoms with Crippen molar-refractivity contribution < 1.29 is 18.0 Å². The van der Waals surface area contributed by atoms with Gasteiger partial charge in [0, 0.05) is 17.0 Å². The van der Waals surface area contributed by atoms with Crippen molar-refractivity contribution in [3.8, 4) is 0 Å². The Bertz CT molecular complexity index is 856. The van der Waals surface area contributed by atoms with Gasteiger partial charge in [0.1, 0.15) is 17.5 Å². The summed E-state index contributed by atoms with van der Waals surface area (Å²) in [6.45, 7) is 0. The predicted octanol–water partition coefficient (Wildman–Crippen LogP) is 4.49. The topological polar surface area (TPSA) is 17.1 Å². The molecule has 3 aromatic rings. The third-order valence-corrected chi connectivity index (χ3v) is 3.29. The molecule has 0 aliphatic rings. The summed E-state index contributed by atoms with van der Waals surface area (Å²) in [5, 5.41) is 0.678. The van der Waals surface area contributed by atoms with Crippen molar-refractivity contribution in [2.45, 2.75) is 0 Å². The first-order valence-corrected chi connectivity index (χ1v) is 6.25. The highest BCUT2D eigenvalue weighted by atomic mass is 19.1. The van der Waals surface area contributed by atoms with Crippen LogP contribution in [0.1, 0.15) is 15.9 Å². The monoisotopic (exact) mass is 286 g/mol. The van der Waals surface area contributed by atoms with Crippen LogP contribution < -0.4 is 0 Å². The van der Waals surface area contributed by atoms with Gasteiger partial charge in [0.15, 0.2) is 5.78 Å². The molecule has 0 heterocycles. The number of halogens is 3. The van der Waals surface area contributed by atoms with Crippen LogP contribution in [0, 0.1) is 17.5 Å². The van der Waals surface area contributed by atoms with E-state index in [1.807, 2.05) is 0 Å². The first-order valence-electron chi connectivity index (χ1n) is 6.25. The zero-order valence-corrected chi connectivity index (χ0v) is 10.7. The summed E-state index contributed by atoms with van der Waals surface area (Å²) in [6.07, 6.45) is 0. The van der Waals surface area contributed by atoms with E-state index in [4.69, 9.17) is 0 Å². The van der Waals surface area contributed by atoms with E-state index >= 15 is 0 Å². The predicted molar refractivity (Wildman–Crippen MR) is 73.7 cm³/mol. The number of rotatable bonds is 2. The summed E-state index contributed by atoms with van der Waals surface area (Å²) >= 11 is 0. The highest BCUT2D eigenvalue weighted by Gasteiger charge is 2.18. The minimum atomic E-state index is -0.937. The Labute approximate surface area is 118 Å². The Balaban J connectivity index is 2.21. The van der Waals surface area contributed by atoms with Crippen LogP contribution in [0.2, 0.25) is 0 Å². The van der Waals surface area contributed by atoms with E-state index < -0.39 is 23.2 Å². The highest BCUT2D eigenvalue weighted by molar-refractivity contribution is 6.16. The van der Waals surface area contributed by atoms with Gasteiger partial charge in [0.05, 0.1) is 5.56 Å². The third kappa shape index (κ3) is 2.29. The SMILES string of the molecule is O=C(c1ccc(F)cc1F)c1ccc(F)c2ccccc12. The van der Waals surface area contributed by atoms with Crippen LogP contribution in [0.3, 0.4) is 0 Å². The smallest absolute Gasteiger partial charge is 0.196 e. The second-order valence-electron chi connectivity index (χ2n) is 4.59. The fourth-order valence-corrected chi connectivity index (χ4v) is 2.28. The number of carbonyl (C=O) groups is 1. The van der Waals surface area contributed by atoms with Crippen molar-refractivity contribution in [1.29, 1.82) is 0 Å². The van der Waals surface area contributed by atoms with Crippen molar-refractivity contribution >= 4 is 16.6 Å². The van der Waals surface area contributed by atoms with E-state index in [1.165, 1.54) is 6.07 Å². The van der Waals surface area contributed by atoms with Gasteiger partial charge in [-0.1, -0.05) is 24.3 Å². The highest BCUT2D eigenvalue weighted by Crippen LogP contribution is 2.25. The van der Waals surface area contributed by atoms with E-state index in [9.17, 15) is 18.0 Å². The van der Waals surface area contributed by atoms with Crippen LogP contribution in [0.5, 0.6) is 0 Å². The lowest BCUT2D eigenvalue weighted by molar-refractivity contribution is 0.103. The molecule has 0 N–H and O–H groups in total. The molecule has 0 aromatic heterocycles. The number of hydrogen-bond donors (Lipinski definition) is 0. The molecular formula is C17H9F3O. The first kappa shape index (κ1) is 13.4. The average molecular weight is 286 g/mol. The van der Waals surface area contributed by atoms with Gasteiger partial charge in [-0.2, -0.15) is 0 Å². The zero-order valence-electron chi connectivity index (χ0n) is 10.7. The molecule has 0 unspecified atom stereocenters. The van der Waals surface area contributed by atoms with Gasteiger partial charge in [-0.25, -0.2) is 13.2 Å². The second kappa shape index (κ2) is 5.05. The van der Waals surface area contributed by atoms with Crippen LogP contribution in [0.25, 0.3) is 10.8 Å². The van der Waals surface area contributed by atoms with Crippen molar-refractivity contribution in [2.75, 3.05) is 0 Å². The van der Waals surface area contributed by atoms with E-state index in [0.29, 0.717) is 11.5 Å². The molecule has 0 aliphatic heterocycles. The number of benzene rings is 3. The van der Waals surface area contributed by atoms with Crippen LogP contribution in [0.15, 0.2) is 54.6 Å². The minimum absolute atomic E-state index is 0.178. The molecule has 3 rings (SSSR count). The summed E-state index contributed by atoms with van der Waals surface area (Å²) in [7, 11) is 0. The van der Waals surface area contributed by atoms with Gasteiger partial charge in [-0.05, 0) is 29.7 Å². The van der Waals surface area contributed by atoms with Gasteiger partial charge in [0.25, 0.3) is 0 Å². The lowest BCUT2D eigenvalue weighted by atomic mass is 9.96.